The van der Waals surface area contributed by atoms with Crippen molar-refractivity contribution in [3.63, 3.8) is 0 Å². The predicted molar refractivity (Wildman–Crippen MR) is 145 cm³/mol. The first-order valence-electron chi connectivity index (χ1n) is 12.2. The fourth-order valence-electron chi connectivity index (χ4n) is 3.77. The smallest absolute Gasteiger partial charge is 0.335 e. The van der Waals surface area contributed by atoms with E-state index in [1.54, 1.807) is 54.6 Å². The fraction of sp³-hybridized carbons (Fsp3) is 0.172. The third kappa shape index (κ3) is 6.42. The highest BCUT2D eigenvalue weighted by atomic mass is 16.5. The number of rotatable bonds is 10. The normalized spacial score (nSPS) is 14.2. The van der Waals surface area contributed by atoms with Crippen molar-refractivity contribution in [3.05, 3.63) is 83.9 Å². The molecule has 0 atom stereocenters. The molecule has 4 rings (SSSR count). The van der Waals surface area contributed by atoms with Crippen LogP contribution in [0.2, 0.25) is 0 Å². The van der Waals surface area contributed by atoms with Crippen LogP contribution in [0.15, 0.2) is 78.4 Å². The van der Waals surface area contributed by atoms with Crippen LogP contribution in [-0.2, 0) is 14.4 Å². The van der Waals surface area contributed by atoms with Gasteiger partial charge in [-0.3, -0.25) is 19.7 Å². The minimum atomic E-state index is -0.895. The van der Waals surface area contributed by atoms with Crippen molar-refractivity contribution in [1.29, 1.82) is 0 Å². The summed E-state index contributed by atoms with van der Waals surface area (Å²) >= 11 is 0. The second-order valence-electron chi connectivity index (χ2n) is 8.38. The van der Waals surface area contributed by atoms with Gasteiger partial charge in [-0.2, -0.15) is 0 Å². The van der Waals surface area contributed by atoms with Gasteiger partial charge in [-0.05, 0) is 42.8 Å². The van der Waals surface area contributed by atoms with E-state index in [0.29, 0.717) is 29.4 Å². The van der Waals surface area contributed by atoms with E-state index in [9.17, 15) is 19.2 Å². The van der Waals surface area contributed by atoms with E-state index in [1.165, 1.54) is 25.3 Å². The lowest BCUT2D eigenvalue weighted by atomic mass is 10.1. The third-order valence-electron chi connectivity index (χ3n) is 5.60. The molecule has 1 aliphatic heterocycles. The molecule has 0 saturated carbocycles. The Labute approximate surface area is 225 Å². The third-order valence-corrected chi connectivity index (χ3v) is 5.60. The summed E-state index contributed by atoms with van der Waals surface area (Å²) in [5.41, 5.74) is 0.902. The molecular weight excluding hydrogens is 502 g/mol. The number of imide groups is 2. The molecule has 1 aliphatic rings. The van der Waals surface area contributed by atoms with Crippen LogP contribution in [0.25, 0.3) is 6.08 Å². The van der Waals surface area contributed by atoms with Gasteiger partial charge in [0, 0.05) is 17.3 Å². The molecule has 0 spiro atoms. The molecule has 39 heavy (non-hydrogen) atoms. The average Bonchev–Trinajstić information content (AvgIpc) is 2.94. The molecule has 0 unspecified atom stereocenters. The lowest BCUT2D eigenvalue weighted by Crippen LogP contribution is -2.54. The number of anilines is 2. The van der Waals surface area contributed by atoms with Crippen molar-refractivity contribution in [1.82, 2.24) is 5.32 Å². The molecule has 1 heterocycles. The number of carbonyl (C=O) groups is 4. The largest absolute Gasteiger partial charge is 0.493 e. The summed E-state index contributed by atoms with van der Waals surface area (Å²) in [6, 6.07) is 19.2. The maximum Gasteiger partial charge on any atom is 0.335 e. The van der Waals surface area contributed by atoms with Crippen molar-refractivity contribution in [2.75, 3.05) is 30.5 Å². The lowest BCUT2D eigenvalue weighted by molar-refractivity contribution is -0.122. The van der Waals surface area contributed by atoms with Gasteiger partial charge in [0.05, 0.1) is 19.4 Å². The van der Waals surface area contributed by atoms with Gasteiger partial charge >= 0.3 is 6.03 Å². The lowest BCUT2D eigenvalue weighted by Gasteiger charge is -2.27. The van der Waals surface area contributed by atoms with Crippen molar-refractivity contribution >= 4 is 41.2 Å². The first kappa shape index (κ1) is 26.9. The van der Waals surface area contributed by atoms with Gasteiger partial charge in [-0.25, -0.2) is 9.69 Å². The Morgan fingerprint density at radius 1 is 0.923 bits per heavy atom. The predicted octanol–water partition coefficient (Wildman–Crippen LogP) is 4.17. The Morgan fingerprint density at radius 3 is 2.41 bits per heavy atom. The van der Waals surface area contributed by atoms with Gasteiger partial charge in [0.2, 0.25) is 0 Å². The van der Waals surface area contributed by atoms with E-state index in [2.05, 4.69) is 10.6 Å². The van der Waals surface area contributed by atoms with E-state index in [4.69, 9.17) is 14.2 Å². The Balaban J connectivity index is 1.56. The molecule has 1 saturated heterocycles. The van der Waals surface area contributed by atoms with Crippen LogP contribution < -0.4 is 29.7 Å². The zero-order chi connectivity index (χ0) is 27.8. The van der Waals surface area contributed by atoms with Crippen molar-refractivity contribution in [2.24, 2.45) is 0 Å². The molecule has 1 fully saturated rings. The molecule has 200 valence electrons. The topological polar surface area (TPSA) is 123 Å². The van der Waals surface area contributed by atoms with Crippen LogP contribution in [0.3, 0.4) is 0 Å². The summed E-state index contributed by atoms with van der Waals surface area (Å²) in [6.45, 7) is 2.13. The fourth-order valence-corrected chi connectivity index (χ4v) is 3.77. The Bertz CT molecular complexity index is 1420. The summed E-state index contributed by atoms with van der Waals surface area (Å²) in [5.74, 6) is -1.00. The van der Waals surface area contributed by atoms with E-state index in [1.807, 2.05) is 13.0 Å². The van der Waals surface area contributed by atoms with E-state index < -0.39 is 17.8 Å². The second kappa shape index (κ2) is 12.4. The molecule has 5 amide bonds. The van der Waals surface area contributed by atoms with Crippen LogP contribution >= 0.6 is 0 Å². The Morgan fingerprint density at radius 2 is 1.67 bits per heavy atom. The molecule has 0 bridgehead atoms. The molecule has 0 aromatic heterocycles. The minimum Gasteiger partial charge on any atom is -0.493 e. The molecule has 3 aromatic carbocycles. The summed E-state index contributed by atoms with van der Waals surface area (Å²) < 4.78 is 16.7. The van der Waals surface area contributed by atoms with Gasteiger partial charge in [-0.15, -0.1) is 0 Å². The van der Waals surface area contributed by atoms with Crippen LogP contribution in [0.5, 0.6) is 17.2 Å². The number of methoxy groups -OCH3 is 1. The first-order valence-corrected chi connectivity index (χ1v) is 12.2. The van der Waals surface area contributed by atoms with E-state index >= 15 is 0 Å². The SMILES string of the molecule is CCCOc1ccc(N2C(=O)NC(=O)/C(=C/c3ccccc3OCC(=O)Nc3ccccc3)C2=O)cc1OC. The number of carbonyl (C=O) groups excluding carboxylic acids is 4. The number of para-hydroxylation sites is 2. The summed E-state index contributed by atoms with van der Waals surface area (Å²) in [6.07, 6.45) is 2.11. The highest BCUT2D eigenvalue weighted by Gasteiger charge is 2.37. The van der Waals surface area contributed by atoms with E-state index in [0.717, 1.165) is 11.3 Å². The van der Waals surface area contributed by atoms with Gasteiger partial charge in [-0.1, -0.05) is 43.3 Å². The number of barbiturate groups is 1. The van der Waals surface area contributed by atoms with Gasteiger partial charge in [0.1, 0.15) is 11.3 Å². The number of urea groups is 1. The molecule has 0 radical (unpaired) electrons. The average molecular weight is 530 g/mol. The molecule has 2 N–H and O–H groups in total. The quantitative estimate of drug-likeness (QED) is 0.299. The molecule has 10 nitrogen and oxygen atoms in total. The highest BCUT2D eigenvalue weighted by Crippen LogP contribution is 2.33. The van der Waals surface area contributed by atoms with Crippen LogP contribution in [-0.4, -0.2) is 44.1 Å². The first-order chi connectivity index (χ1) is 18.9. The summed E-state index contributed by atoms with van der Waals surface area (Å²) in [4.78, 5) is 51.9. The number of nitrogens with one attached hydrogen (secondary N) is 2. The summed E-state index contributed by atoms with van der Waals surface area (Å²) in [7, 11) is 1.45. The highest BCUT2D eigenvalue weighted by molar-refractivity contribution is 6.39. The zero-order valence-corrected chi connectivity index (χ0v) is 21.4. The number of hydrogen-bond donors (Lipinski definition) is 2. The van der Waals surface area contributed by atoms with Gasteiger partial charge in [0.25, 0.3) is 17.7 Å². The van der Waals surface area contributed by atoms with Crippen molar-refractivity contribution in [2.45, 2.75) is 13.3 Å². The maximum atomic E-state index is 13.4. The minimum absolute atomic E-state index is 0.193. The molecule has 3 aromatic rings. The monoisotopic (exact) mass is 529 g/mol. The standard InChI is InChI=1S/C29H27N3O7/c1-3-15-38-24-14-13-21(17-25(24)37-2)32-28(35)22(27(34)31-29(32)36)16-19-9-7-8-12-23(19)39-18-26(33)30-20-10-5-4-6-11-20/h4-14,16-17H,3,15,18H2,1-2H3,(H,30,33)(H,31,34,36)/b22-16-. The van der Waals surface area contributed by atoms with Crippen molar-refractivity contribution in [3.8, 4) is 17.2 Å². The molecule has 0 aliphatic carbocycles. The van der Waals surface area contributed by atoms with Gasteiger partial charge in [0.15, 0.2) is 18.1 Å². The number of hydrogen-bond acceptors (Lipinski definition) is 7. The van der Waals surface area contributed by atoms with Crippen molar-refractivity contribution < 1.29 is 33.4 Å². The second-order valence-corrected chi connectivity index (χ2v) is 8.38. The Hall–Kier alpha value is -5.12. The number of ether oxygens (including phenoxy) is 3. The summed E-state index contributed by atoms with van der Waals surface area (Å²) in [5, 5.41) is 4.91. The zero-order valence-electron chi connectivity index (χ0n) is 21.4. The van der Waals surface area contributed by atoms with Crippen LogP contribution in [0, 0.1) is 0 Å². The Kier molecular flexibility index (Phi) is 8.57. The maximum absolute atomic E-state index is 13.4. The molecule has 10 heteroatoms. The molecular formula is C29H27N3O7. The number of benzene rings is 3. The number of nitrogens with zero attached hydrogens (tertiary/aromatic N) is 1. The van der Waals surface area contributed by atoms with Crippen LogP contribution in [0.4, 0.5) is 16.2 Å². The van der Waals surface area contributed by atoms with Crippen LogP contribution in [0.1, 0.15) is 18.9 Å². The number of amides is 5. The van der Waals surface area contributed by atoms with Gasteiger partial charge < -0.3 is 19.5 Å². The van der Waals surface area contributed by atoms with E-state index in [-0.39, 0.29) is 29.5 Å².